The molecule has 5 aliphatic rings. The van der Waals surface area contributed by atoms with Crippen LogP contribution >= 0.6 is 11.6 Å². The Morgan fingerprint density at radius 1 is 0.557 bits per heavy atom. The minimum Gasteiger partial charge on any atom is -0.371 e. The number of nitrogens with one attached hydrogen (secondary N) is 4. The normalized spacial score (nSPS) is 19.5. The first-order valence-corrected chi connectivity index (χ1v) is 39.8. The zero-order valence-electron chi connectivity index (χ0n) is 54.9. The summed E-state index contributed by atoms with van der Waals surface area (Å²) in [5.41, 5.74) is 7.41. The molecule has 9 heterocycles. The SMILES string of the molecule is CC(=O)N(C)c1cc(C2CCN(S(C)(=O)=O)CC2)c2cn[nH]c2c1.CN(c1cc(C2CCN(S(C)(=O)=O)CC2)c2cn[nH]c2c1)S(C)(=O)=O.CS(=O)(=O)N1CCN(c2cc(C(F)(F)F)cc3[nH]ncc23)C2CCCCC21.Clc1cc(N2CCC(n3cccn3)CC2)c2cn[nH]c2c1. The molecular formula is C63H81ClF3N17O9S4. The van der Waals surface area contributed by atoms with Crippen molar-refractivity contribution in [3.05, 3.63) is 113 Å². The van der Waals surface area contributed by atoms with E-state index in [1.165, 1.54) is 67.9 Å². The average Bonchev–Trinajstić information content (AvgIpc) is 1.73. The number of piperidine rings is 3. The Bertz CT molecular complexity index is 4760. The number of H-pyrrole nitrogens is 4. The van der Waals surface area contributed by atoms with E-state index >= 15 is 0 Å². The van der Waals surface area contributed by atoms with Gasteiger partial charge in [0.1, 0.15) is 0 Å². The lowest BCUT2D eigenvalue weighted by molar-refractivity contribution is -0.137. The highest BCUT2D eigenvalue weighted by molar-refractivity contribution is 7.92. The number of fused-ring (bicyclic) bond motifs is 5. The molecule has 1 aliphatic carbocycles. The number of hydrogen-bond acceptors (Lipinski definition) is 16. The van der Waals surface area contributed by atoms with Crippen LogP contribution in [0.5, 0.6) is 0 Å². The first-order valence-electron chi connectivity index (χ1n) is 32.0. The molecule has 4 aromatic carbocycles. The molecule has 97 heavy (non-hydrogen) atoms. The predicted octanol–water partition coefficient (Wildman–Crippen LogP) is 9.01. The van der Waals surface area contributed by atoms with Gasteiger partial charge in [-0.25, -0.2) is 42.3 Å². The van der Waals surface area contributed by atoms with Gasteiger partial charge in [-0.1, -0.05) is 24.4 Å². The summed E-state index contributed by atoms with van der Waals surface area (Å²) < 4.78 is 143. The van der Waals surface area contributed by atoms with Crippen molar-refractivity contribution in [2.75, 3.05) is 110 Å². The molecule has 2 unspecified atom stereocenters. The smallest absolute Gasteiger partial charge is 0.371 e. The summed E-state index contributed by atoms with van der Waals surface area (Å²) in [4.78, 5) is 17.6. The molecule has 9 aromatic rings. The molecule has 0 radical (unpaired) electrons. The van der Waals surface area contributed by atoms with Gasteiger partial charge in [-0.3, -0.25) is 34.2 Å². The lowest BCUT2D eigenvalue weighted by Gasteiger charge is -2.50. The second kappa shape index (κ2) is 28.4. The van der Waals surface area contributed by atoms with Crippen molar-refractivity contribution in [3.8, 4) is 0 Å². The maximum Gasteiger partial charge on any atom is 0.416 e. The number of nitrogens with zero attached hydrogens (tertiary/aromatic N) is 13. The van der Waals surface area contributed by atoms with Crippen LogP contribution in [-0.4, -0.2) is 207 Å². The lowest BCUT2D eigenvalue weighted by Crippen LogP contribution is -2.62. The van der Waals surface area contributed by atoms with Crippen LogP contribution in [-0.2, 0) is 51.1 Å². The van der Waals surface area contributed by atoms with Crippen LogP contribution in [0.4, 0.5) is 35.9 Å². The molecule has 4 aliphatic heterocycles. The third-order valence-electron chi connectivity index (χ3n) is 19.4. The van der Waals surface area contributed by atoms with Gasteiger partial charge in [0.05, 0.1) is 89.2 Å². The quantitative estimate of drug-likeness (QED) is 0.0938. The van der Waals surface area contributed by atoms with Gasteiger partial charge in [0.15, 0.2) is 0 Å². The molecule has 4 N–H and O–H groups in total. The first-order chi connectivity index (χ1) is 45.8. The molecule has 0 bridgehead atoms. The highest BCUT2D eigenvalue weighted by Crippen LogP contribution is 2.43. The summed E-state index contributed by atoms with van der Waals surface area (Å²) in [6.07, 6.45) is 19.6. The Morgan fingerprint density at radius 3 is 1.53 bits per heavy atom. The van der Waals surface area contributed by atoms with E-state index in [9.17, 15) is 51.6 Å². The largest absolute Gasteiger partial charge is 0.416 e. The van der Waals surface area contributed by atoms with Crippen LogP contribution in [0.3, 0.4) is 0 Å². The van der Waals surface area contributed by atoms with Gasteiger partial charge in [0, 0.05) is 141 Å². The fraction of sp³-hybridized carbons (Fsp3) is 0.492. The minimum absolute atomic E-state index is 0.0355. The summed E-state index contributed by atoms with van der Waals surface area (Å²) >= 11 is 6.22. The second-order valence-electron chi connectivity index (χ2n) is 25.7. The van der Waals surface area contributed by atoms with Crippen LogP contribution in [0.25, 0.3) is 43.6 Å². The van der Waals surface area contributed by atoms with Gasteiger partial charge < -0.3 is 14.7 Å². The number of anilines is 4. The Kier molecular flexibility index (Phi) is 20.8. The average molecular weight is 1440 g/mol. The van der Waals surface area contributed by atoms with Crippen LogP contribution in [0.1, 0.15) is 106 Å². The molecule has 2 atom stereocenters. The lowest BCUT2D eigenvalue weighted by atomic mass is 9.87. The van der Waals surface area contributed by atoms with E-state index < -0.39 is 51.8 Å². The van der Waals surface area contributed by atoms with Gasteiger partial charge >= 0.3 is 6.18 Å². The van der Waals surface area contributed by atoms with Crippen molar-refractivity contribution in [2.45, 2.75) is 107 Å². The molecule has 1 saturated carbocycles. The van der Waals surface area contributed by atoms with Crippen molar-refractivity contribution < 1.29 is 51.6 Å². The Hall–Kier alpha value is -7.40. The molecule has 524 valence electrons. The fourth-order valence-corrected chi connectivity index (χ4v) is 17.7. The molecule has 5 aromatic heterocycles. The number of piperazine rings is 1. The number of benzene rings is 4. The van der Waals surface area contributed by atoms with Crippen LogP contribution in [0, 0.1) is 0 Å². The van der Waals surface area contributed by atoms with Gasteiger partial charge in [0.25, 0.3) is 0 Å². The van der Waals surface area contributed by atoms with Crippen LogP contribution in [0.15, 0.2) is 91.8 Å². The number of sulfonamides is 4. The summed E-state index contributed by atoms with van der Waals surface area (Å²) in [5.74, 6) is 0.376. The Morgan fingerprint density at radius 2 is 1.04 bits per heavy atom. The molecule has 14 rings (SSSR count). The number of aromatic amines is 4. The van der Waals surface area contributed by atoms with Crippen LogP contribution < -0.4 is 19.0 Å². The number of carbonyl (C=O) groups is 1. The molecule has 1 amide bonds. The number of hydrogen-bond donors (Lipinski definition) is 4. The summed E-state index contributed by atoms with van der Waals surface area (Å²) in [6, 6.07) is 15.9. The summed E-state index contributed by atoms with van der Waals surface area (Å²) in [5, 5.41) is 36.6. The molecule has 26 nitrogen and oxygen atoms in total. The molecule has 4 saturated heterocycles. The highest BCUT2D eigenvalue weighted by atomic mass is 35.5. The monoisotopic (exact) mass is 1440 g/mol. The van der Waals surface area contributed by atoms with Gasteiger partial charge in [0.2, 0.25) is 46.0 Å². The van der Waals surface area contributed by atoms with E-state index in [2.05, 4.69) is 55.5 Å². The molecule has 0 spiro atoms. The van der Waals surface area contributed by atoms with Gasteiger partial charge in [-0.2, -0.15) is 43.0 Å². The van der Waals surface area contributed by atoms with Gasteiger partial charge in [-0.05, 0) is 129 Å². The number of amides is 1. The van der Waals surface area contributed by atoms with E-state index in [-0.39, 0.29) is 36.4 Å². The van der Waals surface area contributed by atoms with E-state index in [0.29, 0.717) is 73.9 Å². The summed E-state index contributed by atoms with van der Waals surface area (Å²) in [6.45, 7) is 6.15. The fourth-order valence-electron chi connectivity index (χ4n) is 14.1. The molecule has 5 fully saturated rings. The van der Waals surface area contributed by atoms with Crippen molar-refractivity contribution in [3.63, 3.8) is 0 Å². The maximum atomic E-state index is 13.4. The number of halogens is 4. The zero-order valence-corrected chi connectivity index (χ0v) is 58.9. The number of aromatic nitrogens is 10. The van der Waals surface area contributed by atoms with E-state index in [0.717, 1.165) is 131 Å². The van der Waals surface area contributed by atoms with Crippen LogP contribution in [0.2, 0.25) is 5.02 Å². The van der Waals surface area contributed by atoms with Crippen molar-refractivity contribution in [2.24, 2.45) is 0 Å². The number of rotatable bonds is 11. The maximum absolute atomic E-state index is 13.4. The highest BCUT2D eigenvalue weighted by Gasteiger charge is 2.43. The zero-order chi connectivity index (χ0) is 69.5. The van der Waals surface area contributed by atoms with E-state index in [4.69, 9.17) is 11.6 Å². The third kappa shape index (κ3) is 16.0. The Balaban J connectivity index is 0.000000132. The van der Waals surface area contributed by atoms with Gasteiger partial charge in [-0.15, -0.1) is 0 Å². The minimum atomic E-state index is -4.46. The molecule has 34 heteroatoms. The third-order valence-corrected chi connectivity index (χ3v) is 24.8. The first kappa shape index (κ1) is 70.9. The van der Waals surface area contributed by atoms with Crippen molar-refractivity contribution in [1.29, 1.82) is 0 Å². The molecular weight excluding hydrogens is 1360 g/mol. The summed E-state index contributed by atoms with van der Waals surface area (Å²) in [7, 11) is -9.78. The standard InChI is InChI=1S/C17H21F3N4O2S.C16H22N4O3S.C15H16ClN5.C15H22N4O4S2/c1-27(25,26)24-7-6-23(14-4-2-3-5-15(14)24)16-9-11(17(18,19)20)8-13-12(16)10-21-22-13;1-11(21)19(2)13-8-14(15-10-17-18-16(15)9-13)12-4-6-20(7-5-12)24(3,22)23;16-11-8-14-13(10-17-19-14)15(9-11)20-6-2-12(3-7-20)21-5-1-4-18-21;1-18(24(2,20)21)12-8-13(14-10-16-17-15(14)9-12)11-4-6-19(7-5-11)25(3,22)23/h8-10,14-15H,2-7H2,1H3,(H,21,22);8-10,12H,4-7H2,1-3H3,(H,17,18);1,4-5,8-10,12H,2-3,6-7H2,(H,17,19);8-11H,4-7H2,1-3H3,(H,16,17). The van der Waals surface area contributed by atoms with Crippen molar-refractivity contribution >= 4 is 124 Å². The second-order valence-corrected chi connectivity index (χ2v) is 34.0. The van der Waals surface area contributed by atoms with Crippen molar-refractivity contribution in [1.82, 2.24) is 63.5 Å². The van der Waals surface area contributed by atoms with E-state index in [1.54, 1.807) is 30.4 Å². The number of alkyl halides is 3. The van der Waals surface area contributed by atoms with E-state index in [1.807, 2.05) is 59.9 Å². The Labute approximate surface area is 567 Å². The topological polar surface area (TPSA) is 309 Å². The number of carbonyl (C=O) groups excluding carboxylic acids is 1. The predicted molar refractivity (Wildman–Crippen MR) is 371 cm³/mol.